The molecule has 0 aliphatic rings. The molecule has 0 aliphatic heterocycles. The Morgan fingerprint density at radius 1 is 0.509 bits per heavy atom. The maximum absolute atomic E-state index is 12.5. The average Bonchev–Trinajstić information content (AvgIpc) is 3.18. The van der Waals surface area contributed by atoms with Crippen LogP contribution in [0.15, 0.2) is 109 Å². The molecule has 0 aromatic heterocycles. The normalized spacial score (nSPS) is 14.5. The number of phosphoric ester groups is 1. The van der Waals surface area contributed by atoms with Crippen LogP contribution in [0.1, 0.15) is 142 Å². The third-order valence-electron chi connectivity index (χ3n) is 8.03. The second-order valence-electron chi connectivity index (χ2n) is 13.0. The van der Waals surface area contributed by atoms with Crippen LogP contribution in [0.2, 0.25) is 0 Å². The number of esters is 2. The molecule has 0 amide bonds. The highest BCUT2D eigenvalue weighted by molar-refractivity contribution is 7.47. The summed E-state index contributed by atoms with van der Waals surface area (Å²) >= 11 is 0. The first kappa shape index (κ1) is 51.7. The molecule has 2 unspecified atom stereocenters. The van der Waals surface area contributed by atoms with Crippen molar-refractivity contribution in [2.45, 2.75) is 148 Å². The zero-order chi connectivity index (χ0) is 40.3. The van der Waals surface area contributed by atoms with Crippen LogP contribution >= 0.6 is 7.82 Å². The summed E-state index contributed by atoms with van der Waals surface area (Å²) in [5.41, 5.74) is 0. The second kappa shape index (κ2) is 40.4. The van der Waals surface area contributed by atoms with Gasteiger partial charge in [-0.2, -0.15) is 0 Å². The standard InChI is InChI=1S/C46H73O8P/c1-4-6-8-10-12-14-16-18-20-22-23-25-27-29-31-33-35-37-39-41-46(48)54-44(43-53-55(49,50)51-3)42-52-45(47)40-38-36-34-32-30-28-26-24-21-19-17-15-13-11-9-7-5-2/h6-9,12-15,18-21,23,25,29,31,35,37,44H,4-5,10-11,16-17,22,24,26-28,30,32-34,36,38-43H2,1-3H3,(H,49,50)/b8-6-,9-7-,14-12-,15-13-,20-18-,21-19-,25-23-,31-29-,37-35-. The fourth-order valence-corrected chi connectivity index (χ4v) is 5.39. The van der Waals surface area contributed by atoms with Gasteiger partial charge in [0.05, 0.1) is 6.61 Å². The Bertz CT molecular complexity index is 1250. The number of hydrogen-bond acceptors (Lipinski definition) is 7. The van der Waals surface area contributed by atoms with Gasteiger partial charge in [-0.25, -0.2) is 4.57 Å². The van der Waals surface area contributed by atoms with E-state index in [-0.39, 0.29) is 19.4 Å². The molecular weight excluding hydrogens is 711 g/mol. The second-order valence-corrected chi connectivity index (χ2v) is 14.6. The summed E-state index contributed by atoms with van der Waals surface area (Å²) in [5.74, 6) is -0.925. The monoisotopic (exact) mass is 785 g/mol. The van der Waals surface area contributed by atoms with Crippen LogP contribution in [0, 0.1) is 0 Å². The van der Waals surface area contributed by atoms with Crippen molar-refractivity contribution in [1.82, 2.24) is 0 Å². The fourth-order valence-electron chi connectivity index (χ4n) is 4.93. The largest absolute Gasteiger partial charge is 0.472 e. The Kier molecular flexibility index (Phi) is 38.0. The fraction of sp³-hybridized carbons (Fsp3) is 0.565. The molecule has 9 heteroatoms. The molecule has 0 aromatic carbocycles. The van der Waals surface area contributed by atoms with E-state index in [2.05, 4.69) is 116 Å². The molecule has 0 saturated heterocycles. The minimum Gasteiger partial charge on any atom is -0.462 e. The van der Waals surface area contributed by atoms with Gasteiger partial charge in [0, 0.05) is 20.0 Å². The molecular formula is C46H73O8P. The van der Waals surface area contributed by atoms with Crippen LogP contribution in [0.4, 0.5) is 0 Å². The highest BCUT2D eigenvalue weighted by atomic mass is 31.2. The van der Waals surface area contributed by atoms with Gasteiger partial charge in [-0.1, -0.05) is 155 Å². The number of allylic oxidation sites excluding steroid dienone is 18. The van der Waals surface area contributed by atoms with Gasteiger partial charge in [0.2, 0.25) is 0 Å². The van der Waals surface area contributed by atoms with E-state index in [1.54, 1.807) is 0 Å². The number of ether oxygens (including phenoxy) is 2. The Morgan fingerprint density at radius 2 is 0.909 bits per heavy atom. The molecule has 0 bridgehead atoms. The van der Waals surface area contributed by atoms with E-state index in [9.17, 15) is 19.0 Å². The number of carbonyl (C=O) groups excluding carboxylic acids is 2. The zero-order valence-electron chi connectivity index (χ0n) is 34.3. The summed E-state index contributed by atoms with van der Waals surface area (Å²) < 4.78 is 31.9. The van der Waals surface area contributed by atoms with Gasteiger partial charge in [0.15, 0.2) is 6.10 Å². The van der Waals surface area contributed by atoms with Crippen molar-refractivity contribution in [1.29, 1.82) is 0 Å². The summed E-state index contributed by atoms with van der Waals surface area (Å²) in [4.78, 5) is 34.4. The molecule has 0 saturated carbocycles. The Hall–Kier alpha value is -3.29. The van der Waals surface area contributed by atoms with E-state index < -0.39 is 32.5 Å². The minimum absolute atomic E-state index is 0.111. The van der Waals surface area contributed by atoms with E-state index in [0.717, 1.165) is 90.6 Å². The summed E-state index contributed by atoms with van der Waals surface area (Å²) in [6.45, 7) is 3.57. The molecule has 0 aliphatic carbocycles. The van der Waals surface area contributed by atoms with Gasteiger partial charge >= 0.3 is 19.8 Å². The van der Waals surface area contributed by atoms with Crippen molar-refractivity contribution in [3.8, 4) is 0 Å². The first-order valence-electron chi connectivity index (χ1n) is 20.6. The van der Waals surface area contributed by atoms with Crippen molar-refractivity contribution in [3.63, 3.8) is 0 Å². The Balaban J connectivity index is 4.19. The van der Waals surface area contributed by atoms with E-state index in [1.165, 1.54) is 19.3 Å². The summed E-state index contributed by atoms with van der Waals surface area (Å²) in [6.07, 6.45) is 55.8. The van der Waals surface area contributed by atoms with Crippen LogP contribution in [-0.2, 0) is 32.7 Å². The summed E-state index contributed by atoms with van der Waals surface area (Å²) in [7, 11) is -3.25. The first-order valence-corrected chi connectivity index (χ1v) is 22.1. The topological polar surface area (TPSA) is 108 Å². The molecule has 0 aromatic rings. The van der Waals surface area contributed by atoms with Crippen molar-refractivity contribution >= 4 is 19.8 Å². The molecule has 2 atom stereocenters. The van der Waals surface area contributed by atoms with Gasteiger partial charge in [-0.05, 0) is 83.5 Å². The number of carbonyl (C=O) groups is 2. The highest BCUT2D eigenvalue weighted by Crippen LogP contribution is 2.42. The lowest BCUT2D eigenvalue weighted by Gasteiger charge is -2.19. The predicted octanol–water partition coefficient (Wildman–Crippen LogP) is 13.1. The molecule has 55 heavy (non-hydrogen) atoms. The average molecular weight is 785 g/mol. The van der Waals surface area contributed by atoms with Crippen LogP contribution in [0.25, 0.3) is 0 Å². The SMILES string of the molecule is CC/C=C\C/C=C\C/C=C\C/C=C\C/C=C\C/C=C\CCC(=O)OC(COC(=O)CCCCCCCCC/C=C\C/C=C\C/C=C\CC)COP(=O)(O)OC. The summed E-state index contributed by atoms with van der Waals surface area (Å²) in [5, 5.41) is 0. The smallest absolute Gasteiger partial charge is 0.462 e. The number of hydrogen-bond donors (Lipinski definition) is 1. The zero-order valence-corrected chi connectivity index (χ0v) is 35.2. The molecule has 0 radical (unpaired) electrons. The van der Waals surface area contributed by atoms with Gasteiger partial charge in [-0.3, -0.25) is 18.6 Å². The lowest BCUT2D eigenvalue weighted by Crippen LogP contribution is -2.29. The van der Waals surface area contributed by atoms with Crippen LogP contribution in [0.5, 0.6) is 0 Å². The van der Waals surface area contributed by atoms with Gasteiger partial charge in [0.1, 0.15) is 6.61 Å². The van der Waals surface area contributed by atoms with Crippen molar-refractivity contribution in [3.05, 3.63) is 109 Å². The number of rotatable bonds is 36. The van der Waals surface area contributed by atoms with E-state index in [4.69, 9.17) is 14.0 Å². The lowest BCUT2D eigenvalue weighted by molar-refractivity contribution is -0.161. The highest BCUT2D eigenvalue weighted by Gasteiger charge is 2.24. The molecule has 1 N–H and O–H groups in total. The van der Waals surface area contributed by atoms with Crippen LogP contribution in [-0.4, -0.2) is 43.3 Å². The van der Waals surface area contributed by atoms with Gasteiger partial charge in [0.25, 0.3) is 0 Å². The molecule has 0 rings (SSSR count). The van der Waals surface area contributed by atoms with Crippen molar-refractivity contribution in [2.75, 3.05) is 20.3 Å². The number of phosphoric acid groups is 1. The maximum atomic E-state index is 12.5. The van der Waals surface area contributed by atoms with Gasteiger partial charge < -0.3 is 14.4 Å². The maximum Gasteiger partial charge on any atom is 0.472 e. The Morgan fingerprint density at radius 3 is 1.36 bits per heavy atom. The predicted molar refractivity (Wildman–Crippen MR) is 230 cm³/mol. The van der Waals surface area contributed by atoms with Gasteiger partial charge in [-0.15, -0.1) is 0 Å². The minimum atomic E-state index is -4.29. The quantitative estimate of drug-likeness (QED) is 0.0289. The van der Waals surface area contributed by atoms with Crippen molar-refractivity contribution < 1.29 is 37.6 Å². The molecule has 0 fully saturated rings. The number of unbranched alkanes of at least 4 members (excludes halogenated alkanes) is 7. The molecule has 0 heterocycles. The van der Waals surface area contributed by atoms with Crippen LogP contribution < -0.4 is 0 Å². The summed E-state index contributed by atoms with van der Waals surface area (Å²) in [6, 6.07) is 0. The van der Waals surface area contributed by atoms with E-state index in [0.29, 0.717) is 12.8 Å². The van der Waals surface area contributed by atoms with E-state index >= 15 is 0 Å². The first-order chi connectivity index (χ1) is 26.8. The third-order valence-corrected chi connectivity index (χ3v) is 8.96. The molecule has 0 spiro atoms. The third kappa shape index (κ3) is 40.2. The molecule has 8 nitrogen and oxygen atoms in total. The van der Waals surface area contributed by atoms with E-state index in [1.807, 2.05) is 12.2 Å². The lowest BCUT2D eigenvalue weighted by atomic mass is 10.1. The van der Waals surface area contributed by atoms with Crippen molar-refractivity contribution in [2.24, 2.45) is 0 Å². The Labute approximate surface area is 334 Å². The molecule has 310 valence electrons. The van der Waals surface area contributed by atoms with Crippen LogP contribution in [0.3, 0.4) is 0 Å².